The van der Waals surface area contributed by atoms with Gasteiger partial charge >= 0.3 is 0 Å². The summed E-state index contributed by atoms with van der Waals surface area (Å²) in [5.41, 5.74) is 1.44. The summed E-state index contributed by atoms with van der Waals surface area (Å²) in [5, 5.41) is 0.645. The number of hydrogen-bond acceptors (Lipinski definition) is 2. The molecule has 0 N–H and O–H groups in total. The number of thioether (sulfide) groups is 1. The van der Waals surface area contributed by atoms with Crippen molar-refractivity contribution in [1.29, 1.82) is 0 Å². The summed E-state index contributed by atoms with van der Waals surface area (Å²) in [7, 11) is 0. The zero-order valence-corrected chi connectivity index (χ0v) is 8.46. The highest BCUT2D eigenvalue weighted by molar-refractivity contribution is 8.00. The lowest BCUT2D eigenvalue weighted by Crippen LogP contribution is -2.48. The van der Waals surface area contributed by atoms with Gasteiger partial charge in [-0.25, -0.2) is 0 Å². The van der Waals surface area contributed by atoms with Gasteiger partial charge in [0, 0.05) is 18.4 Å². The molecule has 0 aromatic carbocycles. The van der Waals surface area contributed by atoms with Crippen LogP contribution in [0.5, 0.6) is 0 Å². The van der Waals surface area contributed by atoms with E-state index in [0.717, 1.165) is 23.6 Å². The van der Waals surface area contributed by atoms with Crippen molar-refractivity contribution < 1.29 is 0 Å². The van der Waals surface area contributed by atoms with E-state index in [2.05, 4.69) is 17.7 Å². The predicted octanol–water partition coefficient (Wildman–Crippen LogP) is 2.55. The van der Waals surface area contributed by atoms with Crippen LogP contribution in [0.15, 0.2) is 24.4 Å². The van der Waals surface area contributed by atoms with Crippen LogP contribution < -0.4 is 0 Å². The number of thiocarbonyl (C=S) groups is 1. The molecule has 1 saturated heterocycles. The molecule has 1 atom stereocenters. The molecule has 2 heterocycles. The van der Waals surface area contributed by atoms with Gasteiger partial charge in [-0.3, -0.25) is 0 Å². The van der Waals surface area contributed by atoms with E-state index in [0.29, 0.717) is 5.37 Å². The first-order valence-electron chi connectivity index (χ1n) is 4.04. The second-order valence-electron chi connectivity index (χ2n) is 3.05. The third kappa shape index (κ3) is 1.31. The van der Waals surface area contributed by atoms with Crippen molar-refractivity contribution in [2.45, 2.75) is 18.2 Å². The number of allylic oxidation sites excluding steroid dienone is 1. The van der Waals surface area contributed by atoms with Crippen LogP contribution in [0, 0.1) is 0 Å². The maximum absolute atomic E-state index is 5.16. The number of hydrogen-bond donors (Lipinski definition) is 0. The Bertz CT molecular complexity index is 257. The van der Waals surface area contributed by atoms with E-state index in [-0.39, 0.29) is 0 Å². The molecule has 0 amide bonds. The van der Waals surface area contributed by atoms with Crippen LogP contribution in [0.2, 0.25) is 0 Å². The molecule has 0 aliphatic carbocycles. The summed E-state index contributed by atoms with van der Waals surface area (Å²) in [6, 6.07) is 0. The maximum atomic E-state index is 5.16. The van der Waals surface area contributed by atoms with Crippen LogP contribution in [-0.2, 0) is 0 Å². The second kappa shape index (κ2) is 3.23. The first kappa shape index (κ1) is 8.32. The van der Waals surface area contributed by atoms with Crippen LogP contribution in [0.1, 0.15) is 12.8 Å². The monoisotopic (exact) mass is 197 g/mol. The van der Waals surface area contributed by atoms with Gasteiger partial charge in [-0.05, 0) is 12.0 Å². The maximum Gasteiger partial charge on any atom is 0.0864 e. The van der Waals surface area contributed by atoms with Crippen LogP contribution >= 0.6 is 24.0 Å². The molecular weight excluding hydrogens is 186 g/mol. The van der Waals surface area contributed by atoms with Gasteiger partial charge in [-0.2, -0.15) is 0 Å². The fourth-order valence-corrected chi connectivity index (χ4v) is 3.16. The Morgan fingerprint density at radius 2 is 2.67 bits per heavy atom. The fourth-order valence-electron chi connectivity index (χ4n) is 1.43. The lowest BCUT2D eigenvalue weighted by Gasteiger charge is -2.43. The van der Waals surface area contributed by atoms with Gasteiger partial charge < -0.3 is 4.90 Å². The van der Waals surface area contributed by atoms with E-state index in [1.165, 1.54) is 5.57 Å². The Labute approximate surface area is 82.5 Å². The van der Waals surface area contributed by atoms with E-state index in [4.69, 9.17) is 12.2 Å². The van der Waals surface area contributed by atoms with Gasteiger partial charge in [0.05, 0.1) is 10.4 Å². The van der Waals surface area contributed by atoms with Crippen molar-refractivity contribution in [3.05, 3.63) is 24.4 Å². The Morgan fingerprint density at radius 3 is 3.33 bits per heavy atom. The molecular formula is C9H11NS2. The summed E-state index contributed by atoms with van der Waals surface area (Å²) >= 11 is 7.15. The minimum atomic E-state index is 0.645. The van der Waals surface area contributed by atoms with Gasteiger partial charge in [0.15, 0.2) is 0 Å². The molecule has 3 heteroatoms. The van der Waals surface area contributed by atoms with Crippen molar-refractivity contribution in [1.82, 2.24) is 4.90 Å². The van der Waals surface area contributed by atoms with Gasteiger partial charge in [0.1, 0.15) is 0 Å². The SMILES string of the molecule is C=CCC1=CN2C(=S)C[C@@H]2SC1. The standard InChI is InChI=1S/C9H11NS2/c1-2-3-7-5-10-8(11)4-9(10)12-6-7/h2,5,9H,1,3-4,6H2/t9-/m0/s1. The minimum Gasteiger partial charge on any atom is -0.330 e. The van der Waals surface area contributed by atoms with Gasteiger partial charge in [0.2, 0.25) is 0 Å². The third-order valence-electron chi connectivity index (χ3n) is 2.14. The van der Waals surface area contributed by atoms with Gasteiger partial charge in [0.25, 0.3) is 0 Å². The van der Waals surface area contributed by atoms with Crippen molar-refractivity contribution in [3.63, 3.8) is 0 Å². The van der Waals surface area contributed by atoms with Crippen LogP contribution in [0.3, 0.4) is 0 Å². The fraction of sp³-hybridized carbons (Fsp3) is 0.444. The quantitative estimate of drug-likeness (QED) is 0.495. The zero-order valence-electron chi connectivity index (χ0n) is 6.82. The third-order valence-corrected chi connectivity index (χ3v) is 3.83. The topological polar surface area (TPSA) is 3.24 Å². The summed E-state index contributed by atoms with van der Waals surface area (Å²) < 4.78 is 0. The summed E-state index contributed by atoms with van der Waals surface area (Å²) in [4.78, 5) is 3.30. The highest BCUT2D eigenvalue weighted by atomic mass is 32.2. The predicted molar refractivity (Wildman–Crippen MR) is 58.2 cm³/mol. The molecule has 0 aromatic heterocycles. The van der Waals surface area contributed by atoms with Crippen molar-refractivity contribution >= 4 is 29.0 Å². The zero-order chi connectivity index (χ0) is 8.55. The van der Waals surface area contributed by atoms with E-state index < -0.39 is 0 Å². The molecule has 2 aliphatic heterocycles. The van der Waals surface area contributed by atoms with Gasteiger partial charge in [-0.1, -0.05) is 18.3 Å². The summed E-state index contributed by atoms with van der Waals surface area (Å²) in [6.45, 7) is 3.73. The van der Waals surface area contributed by atoms with Crippen molar-refractivity contribution in [3.8, 4) is 0 Å². The lowest BCUT2D eigenvalue weighted by atomic mass is 10.1. The van der Waals surface area contributed by atoms with Crippen molar-refractivity contribution in [2.24, 2.45) is 0 Å². The summed E-state index contributed by atoms with van der Waals surface area (Å²) in [6.07, 6.45) is 6.25. The van der Waals surface area contributed by atoms with Gasteiger partial charge in [-0.15, -0.1) is 18.3 Å². The summed E-state index contributed by atoms with van der Waals surface area (Å²) in [5.74, 6) is 1.15. The molecule has 0 radical (unpaired) electrons. The molecule has 2 rings (SSSR count). The molecule has 0 unspecified atom stereocenters. The molecule has 0 bridgehead atoms. The van der Waals surface area contributed by atoms with Crippen LogP contribution in [-0.4, -0.2) is 21.0 Å². The van der Waals surface area contributed by atoms with E-state index >= 15 is 0 Å². The Hall–Kier alpha value is -0.280. The molecule has 0 aromatic rings. The Morgan fingerprint density at radius 1 is 1.83 bits per heavy atom. The number of rotatable bonds is 2. The van der Waals surface area contributed by atoms with Crippen molar-refractivity contribution in [2.75, 3.05) is 5.75 Å². The molecule has 0 saturated carbocycles. The second-order valence-corrected chi connectivity index (χ2v) is 4.69. The average Bonchev–Trinajstić information content (AvgIpc) is 2.07. The first-order chi connectivity index (χ1) is 5.81. The largest absolute Gasteiger partial charge is 0.330 e. The molecule has 2 aliphatic rings. The highest BCUT2D eigenvalue weighted by Crippen LogP contribution is 2.36. The first-order valence-corrected chi connectivity index (χ1v) is 5.50. The van der Waals surface area contributed by atoms with E-state index in [1.807, 2.05) is 17.8 Å². The number of fused-ring (bicyclic) bond motifs is 1. The average molecular weight is 197 g/mol. The highest BCUT2D eigenvalue weighted by Gasteiger charge is 2.34. The minimum absolute atomic E-state index is 0.645. The normalized spacial score (nSPS) is 27.3. The van der Waals surface area contributed by atoms with E-state index in [9.17, 15) is 0 Å². The smallest absolute Gasteiger partial charge is 0.0864 e. The number of nitrogens with zero attached hydrogens (tertiary/aromatic N) is 1. The molecule has 12 heavy (non-hydrogen) atoms. The Kier molecular flexibility index (Phi) is 2.24. The molecule has 64 valence electrons. The lowest BCUT2D eigenvalue weighted by molar-refractivity contribution is 0.440. The Balaban J connectivity index is 2.08. The van der Waals surface area contributed by atoms with Crippen LogP contribution in [0.25, 0.3) is 0 Å². The van der Waals surface area contributed by atoms with Crippen LogP contribution in [0.4, 0.5) is 0 Å². The molecule has 1 fully saturated rings. The van der Waals surface area contributed by atoms with E-state index in [1.54, 1.807) is 0 Å². The molecule has 0 spiro atoms. The molecule has 1 nitrogen and oxygen atoms in total.